The number of hydrogen-bond donors (Lipinski definition) is 0. The van der Waals surface area contributed by atoms with Gasteiger partial charge in [0.2, 0.25) is 0 Å². The van der Waals surface area contributed by atoms with Crippen LogP contribution in [0.3, 0.4) is 0 Å². The number of carbonyl (C=O) groups excluding carboxylic acids is 2. The topological polar surface area (TPSA) is 40.6 Å². The average Bonchev–Trinajstić information content (AvgIpc) is 3.21. The van der Waals surface area contributed by atoms with Crippen LogP contribution in [0.2, 0.25) is 0 Å². The Morgan fingerprint density at radius 1 is 0.760 bits per heavy atom. The van der Waals surface area contributed by atoms with Crippen molar-refractivity contribution in [3.8, 4) is 0 Å². The molecule has 0 aromatic heterocycles. The number of hydrogen-bond acceptors (Lipinski definition) is 2. The zero-order chi connectivity index (χ0) is 17.3. The Labute approximate surface area is 147 Å². The van der Waals surface area contributed by atoms with Crippen molar-refractivity contribution in [3.05, 3.63) is 83.9 Å². The lowest BCUT2D eigenvalue weighted by molar-refractivity contribution is -0.133. The number of nitrogens with zero attached hydrogens (tertiary/aromatic N) is 2. The van der Waals surface area contributed by atoms with Crippen molar-refractivity contribution >= 4 is 11.9 Å². The molecule has 0 atom stereocenters. The third-order valence-electron chi connectivity index (χ3n) is 5.07. The molecular formula is C21H20N2O2. The van der Waals surface area contributed by atoms with Crippen LogP contribution in [-0.4, -0.2) is 27.3 Å². The first-order chi connectivity index (χ1) is 12.2. The highest BCUT2D eigenvalue weighted by atomic mass is 16.2. The predicted molar refractivity (Wildman–Crippen MR) is 95.5 cm³/mol. The standard InChI is InChI=1S/C21H20N2O2/c24-19-21(13-7-8-14-21)23(16-18-11-5-2-6-12-18)20(25)22(19)15-17-9-3-1-4-10-17/h1-12H,13-16H2. The van der Waals surface area contributed by atoms with Crippen molar-refractivity contribution in [1.29, 1.82) is 0 Å². The summed E-state index contributed by atoms with van der Waals surface area (Å²) in [5, 5.41) is 0. The molecule has 0 N–H and O–H groups in total. The van der Waals surface area contributed by atoms with Crippen LogP contribution in [-0.2, 0) is 17.9 Å². The van der Waals surface area contributed by atoms with Gasteiger partial charge in [-0.25, -0.2) is 4.79 Å². The van der Waals surface area contributed by atoms with E-state index in [1.165, 1.54) is 4.90 Å². The molecule has 0 radical (unpaired) electrons. The minimum Gasteiger partial charge on any atom is -0.305 e. The Morgan fingerprint density at radius 3 is 1.84 bits per heavy atom. The lowest BCUT2D eigenvalue weighted by Crippen LogP contribution is -2.47. The van der Waals surface area contributed by atoms with Gasteiger partial charge >= 0.3 is 6.03 Å². The molecule has 126 valence electrons. The minimum absolute atomic E-state index is 0.0812. The number of benzene rings is 2. The Morgan fingerprint density at radius 2 is 1.28 bits per heavy atom. The lowest BCUT2D eigenvalue weighted by Gasteiger charge is -2.31. The van der Waals surface area contributed by atoms with Crippen LogP contribution in [0.25, 0.3) is 0 Å². The van der Waals surface area contributed by atoms with Crippen molar-refractivity contribution in [2.75, 3.05) is 0 Å². The number of urea groups is 1. The first kappa shape index (κ1) is 15.6. The summed E-state index contributed by atoms with van der Waals surface area (Å²) in [5.41, 5.74) is 1.25. The van der Waals surface area contributed by atoms with Crippen molar-refractivity contribution in [1.82, 2.24) is 9.80 Å². The van der Waals surface area contributed by atoms with Crippen LogP contribution in [0.15, 0.2) is 72.8 Å². The molecule has 4 rings (SSSR count). The molecule has 1 heterocycles. The van der Waals surface area contributed by atoms with Crippen molar-refractivity contribution in [2.45, 2.75) is 31.5 Å². The molecule has 1 aliphatic carbocycles. The average molecular weight is 332 g/mol. The van der Waals surface area contributed by atoms with E-state index in [0.717, 1.165) is 11.1 Å². The third-order valence-corrected chi connectivity index (χ3v) is 5.07. The Balaban J connectivity index is 1.65. The molecule has 1 aliphatic heterocycles. The molecule has 1 saturated heterocycles. The highest BCUT2D eigenvalue weighted by molar-refractivity contribution is 6.07. The summed E-state index contributed by atoms with van der Waals surface area (Å²) < 4.78 is 0. The molecule has 1 spiro atoms. The highest BCUT2D eigenvalue weighted by Gasteiger charge is 2.56. The summed E-state index contributed by atoms with van der Waals surface area (Å²) in [4.78, 5) is 29.4. The minimum atomic E-state index is -0.748. The zero-order valence-corrected chi connectivity index (χ0v) is 14.0. The summed E-state index contributed by atoms with van der Waals surface area (Å²) in [6.07, 6.45) is 5.20. The van der Waals surface area contributed by atoms with E-state index < -0.39 is 5.54 Å². The largest absolute Gasteiger partial charge is 0.328 e. The molecule has 2 aliphatic rings. The fraction of sp³-hybridized carbons (Fsp3) is 0.238. The van der Waals surface area contributed by atoms with Crippen molar-refractivity contribution in [3.63, 3.8) is 0 Å². The fourth-order valence-electron chi connectivity index (χ4n) is 3.71. The molecule has 0 bridgehead atoms. The summed E-state index contributed by atoms with van der Waals surface area (Å²) >= 11 is 0. The van der Waals surface area contributed by atoms with Gasteiger partial charge in [0.25, 0.3) is 5.91 Å². The van der Waals surface area contributed by atoms with Gasteiger partial charge in [-0.1, -0.05) is 72.8 Å². The van der Waals surface area contributed by atoms with Gasteiger partial charge in [-0.2, -0.15) is 0 Å². The number of imide groups is 1. The third kappa shape index (κ3) is 2.64. The van der Waals surface area contributed by atoms with Gasteiger partial charge in [0.1, 0.15) is 5.54 Å². The quantitative estimate of drug-likeness (QED) is 0.632. The molecule has 1 fully saturated rings. The van der Waals surface area contributed by atoms with Crippen LogP contribution in [0.5, 0.6) is 0 Å². The van der Waals surface area contributed by atoms with Gasteiger partial charge < -0.3 is 4.90 Å². The molecule has 2 aromatic rings. The molecular weight excluding hydrogens is 312 g/mol. The van der Waals surface area contributed by atoms with Gasteiger partial charge in [0.15, 0.2) is 0 Å². The second kappa shape index (κ2) is 6.20. The SMILES string of the molecule is O=C1N(Cc2ccccc2)C(=O)C2(CC=CC2)N1Cc1ccccc1. The van der Waals surface area contributed by atoms with E-state index in [-0.39, 0.29) is 11.9 Å². The van der Waals surface area contributed by atoms with Crippen molar-refractivity contribution < 1.29 is 9.59 Å². The molecule has 0 saturated carbocycles. The zero-order valence-electron chi connectivity index (χ0n) is 14.0. The summed E-state index contributed by atoms with van der Waals surface area (Å²) in [7, 11) is 0. The summed E-state index contributed by atoms with van der Waals surface area (Å²) in [5.74, 6) is -0.0812. The van der Waals surface area contributed by atoms with Gasteiger partial charge in [0.05, 0.1) is 6.54 Å². The van der Waals surface area contributed by atoms with Crippen LogP contribution in [0.4, 0.5) is 4.79 Å². The summed E-state index contributed by atoms with van der Waals surface area (Å²) in [6.45, 7) is 0.782. The second-order valence-electron chi connectivity index (χ2n) is 6.64. The molecule has 4 heteroatoms. The maximum atomic E-state index is 13.2. The number of rotatable bonds is 4. The van der Waals surface area contributed by atoms with E-state index in [9.17, 15) is 9.59 Å². The summed E-state index contributed by atoms with van der Waals surface area (Å²) in [6, 6.07) is 19.3. The molecule has 2 aromatic carbocycles. The Hall–Kier alpha value is -2.88. The van der Waals surface area contributed by atoms with E-state index in [4.69, 9.17) is 0 Å². The van der Waals surface area contributed by atoms with Gasteiger partial charge in [0, 0.05) is 6.54 Å². The van der Waals surface area contributed by atoms with Crippen LogP contribution in [0, 0.1) is 0 Å². The van der Waals surface area contributed by atoms with Crippen LogP contribution < -0.4 is 0 Å². The molecule has 3 amide bonds. The van der Waals surface area contributed by atoms with E-state index in [1.807, 2.05) is 72.8 Å². The second-order valence-corrected chi connectivity index (χ2v) is 6.64. The van der Waals surface area contributed by atoms with Gasteiger partial charge in [-0.05, 0) is 24.0 Å². The number of amides is 3. The molecule has 25 heavy (non-hydrogen) atoms. The first-order valence-corrected chi connectivity index (χ1v) is 8.57. The van der Waals surface area contributed by atoms with Crippen molar-refractivity contribution in [2.24, 2.45) is 0 Å². The lowest BCUT2D eigenvalue weighted by atomic mass is 9.94. The van der Waals surface area contributed by atoms with E-state index in [2.05, 4.69) is 0 Å². The van der Waals surface area contributed by atoms with E-state index in [0.29, 0.717) is 25.9 Å². The van der Waals surface area contributed by atoms with E-state index in [1.54, 1.807) is 4.90 Å². The van der Waals surface area contributed by atoms with Gasteiger partial charge in [-0.3, -0.25) is 9.69 Å². The van der Waals surface area contributed by atoms with Crippen LogP contribution >= 0.6 is 0 Å². The Kier molecular flexibility index (Phi) is 3.88. The van der Waals surface area contributed by atoms with Crippen LogP contribution in [0.1, 0.15) is 24.0 Å². The Bertz CT molecular complexity index is 806. The number of carbonyl (C=O) groups is 2. The first-order valence-electron chi connectivity index (χ1n) is 8.57. The fourth-order valence-corrected chi connectivity index (χ4v) is 3.71. The maximum absolute atomic E-state index is 13.2. The monoisotopic (exact) mass is 332 g/mol. The maximum Gasteiger partial charge on any atom is 0.328 e. The highest BCUT2D eigenvalue weighted by Crippen LogP contribution is 2.40. The molecule has 4 nitrogen and oxygen atoms in total. The normalized spacial score (nSPS) is 18.6. The molecule has 0 unspecified atom stereocenters. The predicted octanol–water partition coefficient (Wildman–Crippen LogP) is 3.74. The smallest absolute Gasteiger partial charge is 0.305 e. The van der Waals surface area contributed by atoms with Gasteiger partial charge in [-0.15, -0.1) is 0 Å². The van der Waals surface area contributed by atoms with E-state index >= 15 is 0 Å².